The van der Waals surface area contributed by atoms with Gasteiger partial charge in [-0.1, -0.05) is 0 Å². The highest BCUT2D eigenvalue weighted by Gasteiger charge is 2.25. The van der Waals surface area contributed by atoms with Crippen LogP contribution in [0.4, 0.5) is 0 Å². The van der Waals surface area contributed by atoms with Gasteiger partial charge in [-0.15, -0.1) is 0 Å². The largest absolute Gasteiger partial charge is 0.370 e. The standard InChI is InChI=1S/C11H18N4O/c12-9-5-3-6-10-13-11(14-15(9)10)8-4-1-2-7-16-8/h8-9H,1-7,12H2. The van der Waals surface area contributed by atoms with Crippen molar-refractivity contribution in [3.8, 4) is 0 Å². The molecule has 0 radical (unpaired) electrons. The third-order valence-corrected chi connectivity index (χ3v) is 3.40. The molecule has 0 saturated carbocycles. The number of nitrogens with two attached hydrogens (primary N) is 1. The summed E-state index contributed by atoms with van der Waals surface area (Å²) in [5.41, 5.74) is 6.01. The summed E-state index contributed by atoms with van der Waals surface area (Å²) < 4.78 is 7.58. The molecule has 16 heavy (non-hydrogen) atoms. The fraction of sp³-hybridized carbons (Fsp3) is 0.818. The predicted molar refractivity (Wildman–Crippen MR) is 58.7 cm³/mol. The Morgan fingerprint density at radius 2 is 2.19 bits per heavy atom. The van der Waals surface area contributed by atoms with E-state index in [0.29, 0.717) is 0 Å². The van der Waals surface area contributed by atoms with Crippen LogP contribution < -0.4 is 5.73 Å². The van der Waals surface area contributed by atoms with E-state index in [-0.39, 0.29) is 12.3 Å². The van der Waals surface area contributed by atoms with Crippen LogP contribution in [0.15, 0.2) is 0 Å². The normalized spacial score (nSPS) is 30.1. The summed E-state index contributed by atoms with van der Waals surface area (Å²) in [6.45, 7) is 0.834. The molecule has 2 atom stereocenters. The average molecular weight is 222 g/mol. The summed E-state index contributed by atoms with van der Waals surface area (Å²) in [5.74, 6) is 1.87. The van der Waals surface area contributed by atoms with Crippen molar-refractivity contribution in [1.82, 2.24) is 14.8 Å². The molecular formula is C11H18N4O. The Morgan fingerprint density at radius 3 is 2.94 bits per heavy atom. The van der Waals surface area contributed by atoms with Crippen LogP contribution >= 0.6 is 0 Å². The predicted octanol–water partition coefficient (Wildman–Crippen LogP) is 1.31. The Kier molecular flexibility index (Phi) is 2.65. The fourth-order valence-corrected chi connectivity index (χ4v) is 2.48. The average Bonchev–Trinajstić information content (AvgIpc) is 2.76. The first-order valence-electron chi connectivity index (χ1n) is 6.17. The Morgan fingerprint density at radius 1 is 1.25 bits per heavy atom. The number of hydrogen-bond donors (Lipinski definition) is 1. The molecule has 2 aliphatic heterocycles. The molecule has 2 aliphatic rings. The minimum absolute atomic E-state index is 0.00795. The molecule has 2 unspecified atom stereocenters. The van der Waals surface area contributed by atoms with Gasteiger partial charge in [0.05, 0.1) is 0 Å². The summed E-state index contributed by atoms with van der Waals surface area (Å²) in [7, 11) is 0. The number of fused-ring (bicyclic) bond motifs is 1. The zero-order valence-corrected chi connectivity index (χ0v) is 9.43. The quantitative estimate of drug-likeness (QED) is 0.778. The van der Waals surface area contributed by atoms with Gasteiger partial charge in [0, 0.05) is 13.0 Å². The molecule has 88 valence electrons. The first kappa shape index (κ1) is 10.2. The Hall–Kier alpha value is -0.940. The molecule has 1 fully saturated rings. The van der Waals surface area contributed by atoms with Crippen LogP contribution in [0.3, 0.4) is 0 Å². The van der Waals surface area contributed by atoms with Crippen molar-refractivity contribution in [1.29, 1.82) is 0 Å². The molecule has 2 N–H and O–H groups in total. The number of rotatable bonds is 1. The minimum Gasteiger partial charge on any atom is -0.370 e. The molecule has 0 aliphatic carbocycles. The molecule has 5 heteroatoms. The van der Waals surface area contributed by atoms with Crippen molar-refractivity contribution in [2.24, 2.45) is 5.73 Å². The number of hydrogen-bond acceptors (Lipinski definition) is 4. The molecule has 0 amide bonds. The van der Waals surface area contributed by atoms with Crippen molar-refractivity contribution in [3.63, 3.8) is 0 Å². The lowest BCUT2D eigenvalue weighted by molar-refractivity contribution is 0.00927. The van der Waals surface area contributed by atoms with Crippen LogP contribution in [0.25, 0.3) is 0 Å². The molecule has 1 aromatic rings. The first-order valence-corrected chi connectivity index (χ1v) is 6.17. The molecule has 3 heterocycles. The number of nitrogens with zero attached hydrogens (tertiary/aromatic N) is 3. The SMILES string of the molecule is NC1CCCc2nc(C3CCCCO3)nn21. The smallest absolute Gasteiger partial charge is 0.179 e. The molecular weight excluding hydrogens is 204 g/mol. The molecule has 0 bridgehead atoms. The maximum atomic E-state index is 6.01. The lowest BCUT2D eigenvalue weighted by atomic mass is 10.1. The van der Waals surface area contributed by atoms with Gasteiger partial charge in [-0.25, -0.2) is 9.67 Å². The monoisotopic (exact) mass is 222 g/mol. The number of aryl methyl sites for hydroxylation is 1. The highest BCUT2D eigenvalue weighted by molar-refractivity contribution is 5.00. The van der Waals surface area contributed by atoms with Gasteiger partial charge in [0.2, 0.25) is 0 Å². The van der Waals surface area contributed by atoms with E-state index in [4.69, 9.17) is 10.5 Å². The van der Waals surface area contributed by atoms with Gasteiger partial charge in [-0.3, -0.25) is 0 Å². The van der Waals surface area contributed by atoms with Crippen LogP contribution in [0, 0.1) is 0 Å². The van der Waals surface area contributed by atoms with E-state index in [1.165, 1.54) is 6.42 Å². The maximum absolute atomic E-state index is 6.01. The molecule has 3 rings (SSSR count). The van der Waals surface area contributed by atoms with Crippen LogP contribution in [-0.2, 0) is 11.2 Å². The van der Waals surface area contributed by atoms with Gasteiger partial charge in [0.25, 0.3) is 0 Å². The molecule has 1 aromatic heterocycles. The van der Waals surface area contributed by atoms with E-state index in [1.54, 1.807) is 0 Å². The van der Waals surface area contributed by atoms with Crippen molar-refractivity contribution in [2.45, 2.75) is 50.8 Å². The van der Waals surface area contributed by atoms with Gasteiger partial charge >= 0.3 is 0 Å². The van der Waals surface area contributed by atoms with E-state index < -0.39 is 0 Å². The second-order valence-corrected chi connectivity index (χ2v) is 4.65. The van der Waals surface area contributed by atoms with E-state index in [2.05, 4.69) is 10.1 Å². The number of aromatic nitrogens is 3. The highest BCUT2D eigenvalue weighted by Crippen LogP contribution is 2.27. The van der Waals surface area contributed by atoms with Crippen molar-refractivity contribution >= 4 is 0 Å². The van der Waals surface area contributed by atoms with Crippen LogP contribution in [0.5, 0.6) is 0 Å². The van der Waals surface area contributed by atoms with E-state index in [9.17, 15) is 0 Å². The lowest BCUT2D eigenvalue weighted by Gasteiger charge is -2.20. The van der Waals surface area contributed by atoms with Crippen LogP contribution in [0.1, 0.15) is 56.0 Å². The van der Waals surface area contributed by atoms with Gasteiger partial charge in [-0.05, 0) is 32.1 Å². The maximum Gasteiger partial charge on any atom is 0.179 e. The van der Waals surface area contributed by atoms with Gasteiger partial charge in [-0.2, -0.15) is 5.10 Å². The fourth-order valence-electron chi connectivity index (χ4n) is 2.48. The van der Waals surface area contributed by atoms with Crippen LogP contribution in [0.2, 0.25) is 0 Å². The van der Waals surface area contributed by atoms with E-state index in [1.807, 2.05) is 4.68 Å². The minimum atomic E-state index is 0.00795. The zero-order valence-electron chi connectivity index (χ0n) is 9.43. The van der Waals surface area contributed by atoms with Crippen molar-refractivity contribution < 1.29 is 4.74 Å². The van der Waals surface area contributed by atoms with E-state index in [0.717, 1.165) is 50.4 Å². The summed E-state index contributed by atoms with van der Waals surface area (Å²) in [5, 5.41) is 4.51. The Labute approximate surface area is 95.0 Å². The third kappa shape index (κ3) is 1.74. The van der Waals surface area contributed by atoms with Crippen molar-refractivity contribution in [2.75, 3.05) is 6.61 Å². The summed E-state index contributed by atoms with van der Waals surface area (Å²) in [6, 6.07) is 0. The third-order valence-electron chi connectivity index (χ3n) is 3.40. The summed E-state index contributed by atoms with van der Waals surface area (Å²) in [6.07, 6.45) is 6.62. The second kappa shape index (κ2) is 4.14. The second-order valence-electron chi connectivity index (χ2n) is 4.65. The first-order chi connectivity index (χ1) is 7.84. The molecule has 0 aromatic carbocycles. The van der Waals surface area contributed by atoms with Gasteiger partial charge < -0.3 is 10.5 Å². The zero-order chi connectivity index (χ0) is 11.0. The number of ether oxygens (including phenoxy) is 1. The molecule has 1 saturated heterocycles. The lowest BCUT2D eigenvalue weighted by Crippen LogP contribution is -2.26. The van der Waals surface area contributed by atoms with Crippen LogP contribution in [-0.4, -0.2) is 21.4 Å². The Balaban J connectivity index is 1.85. The molecule has 0 spiro atoms. The molecule has 5 nitrogen and oxygen atoms in total. The van der Waals surface area contributed by atoms with Gasteiger partial charge in [0.15, 0.2) is 5.82 Å². The Bertz CT molecular complexity index is 370. The van der Waals surface area contributed by atoms with Crippen molar-refractivity contribution in [3.05, 3.63) is 11.6 Å². The summed E-state index contributed by atoms with van der Waals surface area (Å²) in [4.78, 5) is 4.57. The summed E-state index contributed by atoms with van der Waals surface area (Å²) >= 11 is 0. The topological polar surface area (TPSA) is 66.0 Å². The van der Waals surface area contributed by atoms with E-state index >= 15 is 0 Å². The van der Waals surface area contributed by atoms with Gasteiger partial charge in [0.1, 0.15) is 18.1 Å². The highest BCUT2D eigenvalue weighted by atomic mass is 16.5.